The normalized spacial score (nSPS) is 16.9. The minimum atomic E-state index is -0.0995. The lowest BCUT2D eigenvalue weighted by Gasteiger charge is -2.29. The van der Waals surface area contributed by atoms with Gasteiger partial charge in [-0.2, -0.15) is 0 Å². The van der Waals surface area contributed by atoms with Crippen LogP contribution < -0.4 is 16.2 Å². The summed E-state index contributed by atoms with van der Waals surface area (Å²) in [5.74, 6) is 8.94. The number of hydrazine groups is 1. The van der Waals surface area contributed by atoms with Gasteiger partial charge >= 0.3 is 0 Å². The second kappa shape index (κ2) is 5.20. The molecule has 0 spiro atoms. The second-order valence-corrected chi connectivity index (χ2v) is 6.93. The van der Waals surface area contributed by atoms with E-state index < -0.39 is 0 Å². The van der Waals surface area contributed by atoms with Crippen molar-refractivity contribution in [3.05, 3.63) is 11.4 Å². The number of hydrogen-bond acceptors (Lipinski definition) is 5. The quantitative estimate of drug-likeness (QED) is 0.654. The molecule has 0 saturated heterocycles. The molecule has 1 heterocycles. The van der Waals surface area contributed by atoms with Gasteiger partial charge in [0.25, 0.3) is 0 Å². The fourth-order valence-electron chi connectivity index (χ4n) is 2.41. The summed E-state index contributed by atoms with van der Waals surface area (Å²) in [4.78, 5) is 11.6. The van der Waals surface area contributed by atoms with E-state index in [4.69, 9.17) is 10.8 Å². The van der Waals surface area contributed by atoms with Crippen molar-refractivity contribution in [2.45, 2.75) is 58.9 Å². The van der Waals surface area contributed by atoms with Crippen molar-refractivity contribution in [3.8, 4) is 0 Å². The molecule has 5 heteroatoms. The van der Waals surface area contributed by atoms with Crippen LogP contribution in [0.2, 0.25) is 0 Å². The topological polar surface area (TPSA) is 67.1 Å². The first-order chi connectivity index (χ1) is 9.25. The lowest BCUT2D eigenvalue weighted by atomic mass is 9.95. The highest BCUT2D eigenvalue weighted by molar-refractivity contribution is 5.58. The Hall–Kier alpha value is -1.36. The maximum Gasteiger partial charge on any atom is 0.148 e. The molecule has 0 aliphatic heterocycles. The first-order valence-electron chi connectivity index (χ1n) is 7.34. The molecule has 0 amide bonds. The van der Waals surface area contributed by atoms with Gasteiger partial charge in [-0.1, -0.05) is 20.8 Å². The number of hydrogen-bond donors (Lipinski definition) is 2. The SMILES string of the molecule is Cc1c(NN)nc(C(C)(C)C)nc1N(C)C(C)C1CC1. The van der Waals surface area contributed by atoms with Crippen molar-refractivity contribution < 1.29 is 0 Å². The van der Waals surface area contributed by atoms with Crippen LogP contribution in [-0.2, 0) is 5.41 Å². The summed E-state index contributed by atoms with van der Waals surface area (Å²) in [6, 6.07) is 0.502. The van der Waals surface area contributed by atoms with Crippen LogP contribution in [-0.4, -0.2) is 23.1 Å². The molecule has 0 aromatic carbocycles. The van der Waals surface area contributed by atoms with E-state index in [2.05, 4.69) is 50.1 Å². The monoisotopic (exact) mass is 277 g/mol. The highest BCUT2D eigenvalue weighted by Gasteiger charge is 2.32. The van der Waals surface area contributed by atoms with Crippen LogP contribution in [0.25, 0.3) is 0 Å². The van der Waals surface area contributed by atoms with Crippen molar-refractivity contribution in [3.63, 3.8) is 0 Å². The molecule has 0 bridgehead atoms. The van der Waals surface area contributed by atoms with Gasteiger partial charge in [-0.25, -0.2) is 15.8 Å². The predicted molar refractivity (Wildman–Crippen MR) is 83.9 cm³/mol. The predicted octanol–water partition coefficient (Wildman–Crippen LogP) is 2.60. The van der Waals surface area contributed by atoms with E-state index in [1.807, 2.05) is 6.92 Å². The van der Waals surface area contributed by atoms with Gasteiger partial charge in [0.05, 0.1) is 0 Å². The Morgan fingerprint density at radius 1 is 1.30 bits per heavy atom. The Morgan fingerprint density at radius 2 is 1.90 bits per heavy atom. The van der Waals surface area contributed by atoms with E-state index >= 15 is 0 Å². The molecular weight excluding hydrogens is 250 g/mol. The second-order valence-electron chi connectivity index (χ2n) is 6.93. The van der Waals surface area contributed by atoms with Crippen molar-refractivity contribution in [1.29, 1.82) is 0 Å². The summed E-state index contributed by atoms with van der Waals surface area (Å²) in [6.45, 7) is 10.6. The molecular formula is C15H27N5. The first-order valence-corrected chi connectivity index (χ1v) is 7.34. The number of anilines is 2. The molecule has 1 fully saturated rings. The first kappa shape index (κ1) is 15.0. The smallest absolute Gasteiger partial charge is 0.148 e. The molecule has 1 aliphatic carbocycles. The number of aromatic nitrogens is 2. The van der Waals surface area contributed by atoms with Gasteiger partial charge in [-0.05, 0) is 32.6 Å². The third-order valence-corrected chi connectivity index (χ3v) is 4.18. The average Bonchev–Trinajstić information content (AvgIpc) is 3.20. The van der Waals surface area contributed by atoms with Crippen LogP contribution in [0.5, 0.6) is 0 Å². The Bertz CT molecular complexity index is 488. The standard InChI is InChI=1S/C15H27N5/c1-9-12(19-16)17-14(15(3,4)5)18-13(9)20(6)10(2)11-7-8-11/h10-11H,7-8,16H2,1-6H3,(H,17,18,19). The summed E-state index contributed by atoms with van der Waals surface area (Å²) in [6.07, 6.45) is 2.65. The van der Waals surface area contributed by atoms with E-state index in [0.29, 0.717) is 6.04 Å². The average molecular weight is 277 g/mol. The fraction of sp³-hybridized carbons (Fsp3) is 0.733. The molecule has 1 unspecified atom stereocenters. The third-order valence-electron chi connectivity index (χ3n) is 4.18. The molecule has 1 saturated carbocycles. The van der Waals surface area contributed by atoms with Crippen LogP contribution >= 0.6 is 0 Å². The summed E-state index contributed by atoms with van der Waals surface area (Å²) >= 11 is 0. The van der Waals surface area contributed by atoms with Crippen molar-refractivity contribution in [1.82, 2.24) is 9.97 Å². The highest BCUT2D eigenvalue weighted by atomic mass is 15.3. The molecule has 1 aliphatic rings. The van der Waals surface area contributed by atoms with Crippen LogP contribution in [0, 0.1) is 12.8 Å². The van der Waals surface area contributed by atoms with Crippen LogP contribution in [0.3, 0.4) is 0 Å². The van der Waals surface area contributed by atoms with Gasteiger partial charge in [0, 0.05) is 24.1 Å². The molecule has 5 nitrogen and oxygen atoms in total. The minimum absolute atomic E-state index is 0.0995. The number of nitrogens with zero attached hydrogens (tertiary/aromatic N) is 3. The van der Waals surface area contributed by atoms with E-state index in [-0.39, 0.29) is 5.41 Å². The van der Waals surface area contributed by atoms with Gasteiger partial charge in [-0.15, -0.1) is 0 Å². The Labute approximate surface area is 121 Å². The van der Waals surface area contributed by atoms with Crippen molar-refractivity contribution in [2.75, 3.05) is 17.4 Å². The summed E-state index contributed by atoms with van der Waals surface area (Å²) in [5, 5.41) is 0. The fourth-order valence-corrected chi connectivity index (χ4v) is 2.41. The van der Waals surface area contributed by atoms with E-state index in [1.165, 1.54) is 12.8 Å². The minimum Gasteiger partial charge on any atom is -0.356 e. The van der Waals surface area contributed by atoms with Gasteiger partial charge in [0.1, 0.15) is 17.5 Å². The van der Waals surface area contributed by atoms with Crippen molar-refractivity contribution in [2.24, 2.45) is 11.8 Å². The third kappa shape index (κ3) is 2.87. The lowest BCUT2D eigenvalue weighted by Crippen LogP contribution is -2.33. The number of rotatable bonds is 4. The Kier molecular flexibility index (Phi) is 3.91. The van der Waals surface area contributed by atoms with Crippen LogP contribution in [0.15, 0.2) is 0 Å². The summed E-state index contributed by atoms with van der Waals surface area (Å²) in [5.41, 5.74) is 3.62. The van der Waals surface area contributed by atoms with E-state index in [1.54, 1.807) is 0 Å². The van der Waals surface area contributed by atoms with Crippen LogP contribution in [0.1, 0.15) is 51.9 Å². The molecule has 1 aromatic heterocycles. The van der Waals surface area contributed by atoms with Gasteiger partial charge < -0.3 is 10.3 Å². The molecule has 20 heavy (non-hydrogen) atoms. The molecule has 2 rings (SSSR count). The molecule has 3 N–H and O–H groups in total. The van der Waals surface area contributed by atoms with E-state index in [9.17, 15) is 0 Å². The van der Waals surface area contributed by atoms with Gasteiger partial charge in [0.2, 0.25) is 0 Å². The number of nitrogens with one attached hydrogen (secondary N) is 1. The number of nitrogens with two attached hydrogens (primary N) is 1. The Balaban J connectivity index is 2.44. The van der Waals surface area contributed by atoms with Crippen molar-refractivity contribution >= 4 is 11.6 Å². The maximum absolute atomic E-state index is 5.62. The number of nitrogen functional groups attached to an aromatic ring is 1. The van der Waals surface area contributed by atoms with Gasteiger partial charge in [0.15, 0.2) is 0 Å². The molecule has 112 valence electrons. The Morgan fingerprint density at radius 3 is 2.35 bits per heavy atom. The summed E-state index contributed by atoms with van der Waals surface area (Å²) in [7, 11) is 2.12. The highest BCUT2D eigenvalue weighted by Crippen LogP contribution is 2.37. The molecule has 1 atom stereocenters. The van der Waals surface area contributed by atoms with E-state index in [0.717, 1.165) is 28.9 Å². The zero-order valence-corrected chi connectivity index (χ0v) is 13.5. The summed E-state index contributed by atoms with van der Waals surface area (Å²) < 4.78 is 0. The largest absolute Gasteiger partial charge is 0.356 e. The molecule has 1 aromatic rings. The zero-order valence-electron chi connectivity index (χ0n) is 13.5. The van der Waals surface area contributed by atoms with Gasteiger partial charge in [-0.3, -0.25) is 0 Å². The zero-order chi connectivity index (χ0) is 15.1. The lowest BCUT2D eigenvalue weighted by molar-refractivity contribution is 0.539. The van der Waals surface area contributed by atoms with Crippen LogP contribution in [0.4, 0.5) is 11.6 Å². The molecule has 0 radical (unpaired) electrons. The maximum atomic E-state index is 5.62.